The van der Waals surface area contributed by atoms with E-state index >= 15 is 0 Å². The SMILES string of the molecule is N#CN(C(=O)c1ccccc1)C1C=CC(Nc2ccc(NC(=O)c3ccccc3)cc2)CC1. The van der Waals surface area contributed by atoms with Crippen molar-refractivity contribution in [3.05, 3.63) is 108 Å². The van der Waals surface area contributed by atoms with Crippen LogP contribution in [0.3, 0.4) is 0 Å². The van der Waals surface area contributed by atoms with Gasteiger partial charge in [0.1, 0.15) is 0 Å². The summed E-state index contributed by atoms with van der Waals surface area (Å²) in [5.41, 5.74) is 2.77. The topological polar surface area (TPSA) is 85.2 Å². The van der Waals surface area contributed by atoms with Gasteiger partial charge in [-0.25, -0.2) is 4.90 Å². The van der Waals surface area contributed by atoms with Crippen molar-refractivity contribution in [2.24, 2.45) is 0 Å². The zero-order valence-electron chi connectivity index (χ0n) is 18.0. The van der Waals surface area contributed by atoms with Crippen molar-refractivity contribution in [2.75, 3.05) is 10.6 Å². The number of amides is 2. The number of hydrogen-bond acceptors (Lipinski definition) is 4. The molecule has 2 N–H and O–H groups in total. The standard InChI is InChI=1S/C27H24N4O2/c28-19-31(27(33)21-9-5-2-6-10-21)25-17-15-23(16-18-25)29-22-11-13-24(14-12-22)30-26(32)20-7-3-1-4-8-20/h1-15,17,23,25,29H,16,18H2,(H,30,32). The van der Waals surface area contributed by atoms with Crippen molar-refractivity contribution in [3.63, 3.8) is 0 Å². The van der Waals surface area contributed by atoms with Crippen LogP contribution in [0.25, 0.3) is 0 Å². The molecule has 4 rings (SSSR count). The molecule has 6 nitrogen and oxygen atoms in total. The fourth-order valence-electron chi connectivity index (χ4n) is 3.79. The number of hydrogen-bond donors (Lipinski definition) is 2. The molecule has 0 spiro atoms. The third kappa shape index (κ3) is 5.46. The van der Waals surface area contributed by atoms with Crippen molar-refractivity contribution in [1.82, 2.24) is 4.90 Å². The Labute approximate surface area is 193 Å². The summed E-state index contributed by atoms with van der Waals surface area (Å²) < 4.78 is 0. The summed E-state index contributed by atoms with van der Waals surface area (Å²) in [6.07, 6.45) is 7.44. The van der Waals surface area contributed by atoms with E-state index in [1.807, 2.05) is 66.9 Å². The molecule has 0 saturated carbocycles. The van der Waals surface area contributed by atoms with Crippen LogP contribution in [-0.2, 0) is 0 Å². The molecule has 3 aromatic carbocycles. The van der Waals surface area contributed by atoms with E-state index in [0.29, 0.717) is 17.5 Å². The molecule has 0 heterocycles. The van der Waals surface area contributed by atoms with Gasteiger partial charge in [0.2, 0.25) is 0 Å². The van der Waals surface area contributed by atoms with Crippen molar-refractivity contribution in [2.45, 2.75) is 24.9 Å². The Kier molecular flexibility index (Phi) is 6.81. The number of nitrogens with one attached hydrogen (secondary N) is 2. The molecule has 0 radical (unpaired) electrons. The normalized spacial score (nSPS) is 16.9. The van der Waals surface area contributed by atoms with Gasteiger partial charge in [0.05, 0.1) is 6.04 Å². The van der Waals surface area contributed by atoms with Gasteiger partial charge in [-0.15, -0.1) is 0 Å². The van der Waals surface area contributed by atoms with Crippen LogP contribution in [-0.4, -0.2) is 28.8 Å². The molecule has 0 aromatic heterocycles. The fourth-order valence-corrected chi connectivity index (χ4v) is 3.79. The van der Waals surface area contributed by atoms with Crippen LogP contribution in [0.2, 0.25) is 0 Å². The van der Waals surface area contributed by atoms with Gasteiger partial charge in [0.25, 0.3) is 11.8 Å². The quantitative estimate of drug-likeness (QED) is 0.321. The van der Waals surface area contributed by atoms with Crippen LogP contribution in [0.5, 0.6) is 0 Å². The molecule has 164 valence electrons. The van der Waals surface area contributed by atoms with Gasteiger partial charge < -0.3 is 10.6 Å². The predicted octanol–water partition coefficient (Wildman–Crippen LogP) is 5.06. The Morgan fingerprint density at radius 3 is 1.97 bits per heavy atom. The van der Waals surface area contributed by atoms with Crippen LogP contribution in [0.1, 0.15) is 33.6 Å². The highest BCUT2D eigenvalue weighted by Crippen LogP contribution is 2.22. The largest absolute Gasteiger partial charge is 0.379 e. The molecule has 2 unspecified atom stereocenters. The minimum absolute atomic E-state index is 0.0957. The highest BCUT2D eigenvalue weighted by molar-refractivity contribution is 6.04. The third-order valence-corrected chi connectivity index (χ3v) is 5.55. The van der Waals surface area contributed by atoms with Gasteiger partial charge in [-0.1, -0.05) is 48.6 Å². The van der Waals surface area contributed by atoms with Crippen LogP contribution >= 0.6 is 0 Å². The van der Waals surface area contributed by atoms with Crippen LogP contribution < -0.4 is 10.6 Å². The van der Waals surface area contributed by atoms with E-state index in [-0.39, 0.29) is 23.9 Å². The summed E-state index contributed by atoms with van der Waals surface area (Å²) >= 11 is 0. The van der Waals surface area contributed by atoms with E-state index in [9.17, 15) is 14.9 Å². The van der Waals surface area contributed by atoms with Gasteiger partial charge in [-0.3, -0.25) is 9.59 Å². The van der Waals surface area contributed by atoms with Gasteiger partial charge in [-0.05, 0) is 61.4 Å². The van der Waals surface area contributed by atoms with E-state index in [4.69, 9.17) is 0 Å². The summed E-state index contributed by atoms with van der Waals surface area (Å²) in [4.78, 5) is 26.2. The molecule has 0 saturated heterocycles. The molecule has 0 aliphatic heterocycles. The molecular weight excluding hydrogens is 412 g/mol. The second-order valence-corrected chi connectivity index (χ2v) is 7.82. The minimum atomic E-state index is -0.285. The highest BCUT2D eigenvalue weighted by Gasteiger charge is 2.26. The van der Waals surface area contributed by atoms with E-state index < -0.39 is 0 Å². The Hall–Kier alpha value is -4.37. The maximum Gasteiger partial charge on any atom is 0.267 e. The summed E-state index contributed by atoms with van der Waals surface area (Å²) in [5.74, 6) is -0.433. The zero-order valence-corrected chi connectivity index (χ0v) is 18.0. The van der Waals surface area contributed by atoms with E-state index in [2.05, 4.69) is 10.6 Å². The second-order valence-electron chi connectivity index (χ2n) is 7.82. The lowest BCUT2D eigenvalue weighted by molar-refractivity contribution is 0.0796. The molecule has 3 aromatic rings. The molecule has 2 atom stereocenters. The number of carbonyl (C=O) groups excluding carboxylic acids is 2. The van der Waals surface area contributed by atoms with E-state index in [0.717, 1.165) is 17.8 Å². The second kappa shape index (κ2) is 10.3. The molecule has 0 fully saturated rings. The Morgan fingerprint density at radius 1 is 0.788 bits per heavy atom. The minimum Gasteiger partial charge on any atom is -0.379 e. The highest BCUT2D eigenvalue weighted by atomic mass is 16.2. The van der Waals surface area contributed by atoms with Crippen molar-refractivity contribution in [3.8, 4) is 6.19 Å². The first-order chi connectivity index (χ1) is 16.1. The number of nitriles is 1. The van der Waals surface area contributed by atoms with Gasteiger partial charge in [0, 0.05) is 28.5 Å². The van der Waals surface area contributed by atoms with Crippen molar-refractivity contribution < 1.29 is 9.59 Å². The Bertz CT molecular complexity index is 1170. The average molecular weight is 437 g/mol. The Balaban J connectivity index is 1.33. The first-order valence-corrected chi connectivity index (χ1v) is 10.8. The van der Waals surface area contributed by atoms with Crippen molar-refractivity contribution in [1.29, 1.82) is 5.26 Å². The lowest BCUT2D eigenvalue weighted by Crippen LogP contribution is -2.38. The molecule has 33 heavy (non-hydrogen) atoms. The zero-order chi connectivity index (χ0) is 23.0. The molecular formula is C27H24N4O2. The van der Waals surface area contributed by atoms with E-state index in [1.165, 1.54) is 4.90 Å². The summed E-state index contributed by atoms with van der Waals surface area (Å²) in [6, 6.07) is 25.3. The van der Waals surface area contributed by atoms with E-state index in [1.54, 1.807) is 36.4 Å². The smallest absolute Gasteiger partial charge is 0.267 e. The van der Waals surface area contributed by atoms with Crippen LogP contribution in [0.15, 0.2) is 97.1 Å². The number of anilines is 2. The fraction of sp³-hybridized carbons (Fsp3) is 0.148. The number of rotatable bonds is 6. The number of benzene rings is 3. The monoisotopic (exact) mass is 436 g/mol. The molecule has 6 heteroatoms. The molecule has 1 aliphatic rings. The van der Waals surface area contributed by atoms with Gasteiger partial charge in [-0.2, -0.15) is 5.26 Å². The van der Waals surface area contributed by atoms with Crippen molar-refractivity contribution >= 4 is 23.2 Å². The number of carbonyl (C=O) groups is 2. The molecule has 0 bridgehead atoms. The van der Waals surface area contributed by atoms with Crippen LogP contribution in [0.4, 0.5) is 11.4 Å². The summed E-state index contributed by atoms with van der Waals surface area (Å²) in [7, 11) is 0. The molecule has 1 aliphatic carbocycles. The third-order valence-electron chi connectivity index (χ3n) is 5.55. The average Bonchev–Trinajstić information content (AvgIpc) is 2.87. The summed E-state index contributed by atoms with van der Waals surface area (Å²) in [5, 5.41) is 15.9. The van der Waals surface area contributed by atoms with Crippen LogP contribution in [0, 0.1) is 11.5 Å². The maximum atomic E-state index is 12.7. The number of nitrogens with zero attached hydrogens (tertiary/aromatic N) is 2. The Morgan fingerprint density at radius 2 is 1.39 bits per heavy atom. The predicted molar refractivity (Wildman–Crippen MR) is 129 cm³/mol. The summed E-state index contributed by atoms with van der Waals surface area (Å²) in [6.45, 7) is 0. The maximum absolute atomic E-state index is 12.7. The first kappa shape index (κ1) is 21.8. The lowest BCUT2D eigenvalue weighted by atomic mass is 9.96. The molecule has 2 amide bonds. The van der Waals surface area contributed by atoms with Gasteiger partial charge >= 0.3 is 0 Å². The van der Waals surface area contributed by atoms with Gasteiger partial charge in [0.15, 0.2) is 6.19 Å². The lowest BCUT2D eigenvalue weighted by Gasteiger charge is -2.29. The first-order valence-electron chi connectivity index (χ1n) is 10.8.